The van der Waals surface area contributed by atoms with Crippen LogP contribution in [0.15, 0.2) is 35.1 Å². The van der Waals surface area contributed by atoms with E-state index in [-0.39, 0.29) is 54.3 Å². The van der Waals surface area contributed by atoms with Crippen molar-refractivity contribution in [1.29, 1.82) is 0 Å². The minimum atomic E-state index is -4.72. The van der Waals surface area contributed by atoms with Gasteiger partial charge in [-0.2, -0.15) is 13.2 Å². The van der Waals surface area contributed by atoms with Crippen molar-refractivity contribution in [2.45, 2.75) is 32.4 Å². The fourth-order valence-electron chi connectivity index (χ4n) is 2.45. The van der Waals surface area contributed by atoms with Crippen LogP contribution in [0, 0.1) is 0 Å². The van der Waals surface area contributed by atoms with Crippen LogP contribution in [-0.4, -0.2) is 34.4 Å². The molecule has 1 aromatic heterocycles. The molecule has 0 aliphatic carbocycles. The number of halogens is 4. The van der Waals surface area contributed by atoms with Gasteiger partial charge in [-0.25, -0.2) is 0 Å². The van der Waals surface area contributed by atoms with E-state index in [1.54, 1.807) is 30.6 Å². The summed E-state index contributed by atoms with van der Waals surface area (Å²) < 4.78 is 51.1. The number of benzene rings is 1. The number of carbonyl (C=O) groups excluding carboxylic acids is 1. The molecule has 1 aromatic carbocycles. The number of hydrogen-bond donors (Lipinski definition) is 1. The van der Waals surface area contributed by atoms with E-state index in [0.29, 0.717) is 11.1 Å². The molecule has 0 saturated heterocycles. The first-order valence-corrected chi connectivity index (χ1v) is 8.82. The van der Waals surface area contributed by atoms with E-state index in [4.69, 9.17) is 9.47 Å². The van der Waals surface area contributed by atoms with Crippen molar-refractivity contribution in [2.75, 3.05) is 7.11 Å². The molecule has 6 nitrogen and oxygen atoms in total. The molecule has 0 saturated carbocycles. The van der Waals surface area contributed by atoms with Gasteiger partial charge >= 0.3 is 35.7 Å². The first kappa shape index (κ1) is 25.7. The molecule has 154 valence electrons. The average molecular weight is 486 g/mol. The maximum atomic E-state index is 13.4. The fourth-order valence-corrected chi connectivity index (χ4v) is 3.07. The SMILES string of the molecule is CO/C=C(/[C-]=O)c1ccccc1COc1nn(CC(C)O)c(Br)c1C(F)(F)F.[H-].[Na+]. The summed E-state index contributed by atoms with van der Waals surface area (Å²) >= 11 is 2.87. The normalized spacial score (nSPS) is 12.9. The molecule has 11 heteroatoms. The van der Waals surface area contributed by atoms with Crippen LogP contribution in [-0.2, 0) is 28.9 Å². The van der Waals surface area contributed by atoms with Gasteiger partial charge in [0.25, 0.3) is 0 Å². The van der Waals surface area contributed by atoms with Crippen LogP contribution >= 0.6 is 15.9 Å². The van der Waals surface area contributed by atoms with E-state index in [1.165, 1.54) is 20.3 Å². The summed E-state index contributed by atoms with van der Waals surface area (Å²) in [5.74, 6) is -0.637. The quantitative estimate of drug-likeness (QED) is 0.259. The monoisotopic (exact) mass is 485 g/mol. The summed E-state index contributed by atoms with van der Waals surface area (Å²) in [7, 11) is 1.36. The Balaban J connectivity index is 0.00000420. The first-order valence-electron chi connectivity index (χ1n) is 8.02. The number of rotatable bonds is 8. The van der Waals surface area contributed by atoms with Crippen molar-refractivity contribution in [1.82, 2.24) is 9.78 Å². The van der Waals surface area contributed by atoms with Crippen molar-refractivity contribution in [3.63, 3.8) is 0 Å². The third-order valence-electron chi connectivity index (χ3n) is 3.60. The third-order valence-corrected chi connectivity index (χ3v) is 4.40. The minimum Gasteiger partial charge on any atom is -1.00 e. The molecule has 1 atom stereocenters. The Morgan fingerprint density at radius 2 is 2.10 bits per heavy atom. The van der Waals surface area contributed by atoms with Crippen LogP contribution in [0.25, 0.3) is 5.57 Å². The van der Waals surface area contributed by atoms with Gasteiger partial charge in [0.05, 0.1) is 26.0 Å². The van der Waals surface area contributed by atoms with E-state index in [0.717, 1.165) is 4.68 Å². The smallest absolute Gasteiger partial charge is 1.00 e. The molecule has 1 unspecified atom stereocenters. The zero-order valence-electron chi connectivity index (χ0n) is 17.0. The third kappa shape index (κ3) is 6.58. The molecule has 0 aliphatic heterocycles. The molecule has 0 radical (unpaired) electrons. The maximum absolute atomic E-state index is 13.4. The van der Waals surface area contributed by atoms with Gasteiger partial charge in [0.1, 0.15) is 11.2 Å². The molecular weight excluding hydrogens is 468 g/mol. The minimum absolute atomic E-state index is 0. The van der Waals surface area contributed by atoms with Gasteiger partial charge in [-0.15, -0.1) is 22.3 Å². The van der Waals surface area contributed by atoms with Crippen molar-refractivity contribution in [3.05, 3.63) is 51.8 Å². The van der Waals surface area contributed by atoms with Crippen LogP contribution in [0.2, 0.25) is 0 Å². The standard InChI is InChI=1S/C18H17BrF3N2O4.Na.H/c1-11(26)7-24-16(19)15(18(20,21)22)17(23-24)28-10-12-5-3-4-6-14(12)13(8-25)9-27-2;;/h3-6,9,11,26H,7,10H2,1-2H3;;/q-1;+1;-1/b13-9-;;. The molecular formula is C18H18BrF3N2NaO4-. The Morgan fingerprint density at radius 3 is 2.66 bits per heavy atom. The first-order chi connectivity index (χ1) is 13.2. The summed E-state index contributed by atoms with van der Waals surface area (Å²) in [6.45, 7) is 1.00. The van der Waals surface area contributed by atoms with Crippen molar-refractivity contribution in [2.24, 2.45) is 0 Å². The predicted molar refractivity (Wildman–Crippen MR) is 99.2 cm³/mol. The number of aliphatic hydroxyl groups excluding tert-OH is 1. The van der Waals surface area contributed by atoms with Crippen LogP contribution < -0.4 is 34.3 Å². The average Bonchev–Trinajstić information content (AvgIpc) is 2.93. The Morgan fingerprint density at radius 1 is 1.45 bits per heavy atom. The number of ether oxygens (including phenoxy) is 2. The molecule has 0 fully saturated rings. The van der Waals surface area contributed by atoms with Gasteiger partial charge in [-0.3, -0.25) is 4.68 Å². The topological polar surface area (TPSA) is 73.6 Å². The molecule has 29 heavy (non-hydrogen) atoms. The summed E-state index contributed by atoms with van der Waals surface area (Å²) in [5, 5.41) is 13.3. The number of aromatic nitrogens is 2. The second-order valence-electron chi connectivity index (χ2n) is 5.81. The molecule has 1 heterocycles. The number of allylic oxidation sites excluding steroid dienone is 1. The molecule has 1 N–H and O–H groups in total. The van der Waals surface area contributed by atoms with E-state index < -0.39 is 23.7 Å². The van der Waals surface area contributed by atoms with Gasteiger partial charge in [-0.1, -0.05) is 23.8 Å². The Hall–Kier alpha value is -1.33. The fraction of sp³-hybridized carbons (Fsp3) is 0.333. The predicted octanol–water partition coefficient (Wildman–Crippen LogP) is 0.838. The zero-order chi connectivity index (χ0) is 20.9. The van der Waals surface area contributed by atoms with Gasteiger partial charge in [0, 0.05) is 0 Å². The molecule has 0 amide bonds. The summed E-state index contributed by atoms with van der Waals surface area (Å²) in [4.78, 5) is 11.1. The number of alkyl halides is 3. The molecule has 0 aliphatic rings. The van der Waals surface area contributed by atoms with E-state index in [2.05, 4.69) is 21.0 Å². The Kier molecular flexibility index (Phi) is 9.90. The van der Waals surface area contributed by atoms with Crippen LogP contribution in [0.5, 0.6) is 5.88 Å². The van der Waals surface area contributed by atoms with Gasteiger partial charge in [0.2, 0.25) is 5.88 Å². The van der Waals surface area contributed by atoms with E-state index in [1.807, 2.05) is 0 Å². The Bertz CT molecular complexity index is 876. The number of hydrogen-bond acceptors (Lipinski definition) is 5. The number of methoxy groups -OCH3 is 1. The number of nitrogens with zero attached hydrogens (tertiary/aromatic N) is 2. The summed E-state index contributed by atoms with van der Waals surface area (Å²) in [5.41, 5.74) is -0.127. The Labute approximate surface area is 197 Å². The largest absolute Gasteiger partial charge is 1.00 e. The molecule has 2 aromatic rings. The van der Waals surface area contributed by atoms with Crippen molar-refractivity contribution >= 4 is 27.8 Å². The number of aliphatic hydroxyl groups is 1. The second-order valence-corrected chi connectivity index (χ2v) is 6.57. The molecule has 0 bridgehead atoms. The van der Waals surface area contributed by atoms with Gasteiger partial charge < -0.3 is 20.8 Å². The van der Waals surface area contributed by atoms with Crippen LogP contribution in [0.4, 0.5) is 13.2 Å². The summed E-state index contributed by atoms with van der Waals surface area (Å²) in [6, 6.07) is 6.52. The van der Waals surface area contributed by atoms with Gasteiger partial charge in [0.15, 0.2) is 5.56 Å². The van der Waals surface area contributed by atoms with Crippen molar-refractivity contribution < 1.29 is 63.5 Å². The zero-order valence-corrected chi connectivity index (χ0v) is 19.5. The van der Waals surface area contributed by atoms with Gasteiger partial charge in [-0.05, 0) is 29.1 Å². The van der Waals surface area contributed by atoms with Crippen molar-refractivity contribution in [3.8, 4) is 5.88 Å². The maximum Gasteiger partial charge on any atom is 1.00 e. The second kappa shape index (κ2) is 11.2. The molecule has 0 spiro atoms. The molecule has 2 rings (SSSR count). The van der Waals surface area contributed by atoms with E-state index >= 15 is 0 Å². The van der Waals surface area contributed by atoms with Crippen LogP contribution in [0.3, 0.4) is 0 Å². The van der Waals surface area contributed by atoms with Crippen LogP contribution in [0.1, 0.15) is 25.0 Å². The summed E-state index contributed by atoms with van der Waals surface area (Å²) in [6.07, 6.45) is -2.72. The van der Waals surface area contributed by atoms with E-state index in [9.17, 15) is 23.1 Å².